The second kappa shape index (κ2) is 6.08. The van der Waals surface area contributed by atoms with Gasteiger partial charge in [-0.25, -0.2) is 4.79 Å². The molecule has 88 valence electrons. The number of carboxylic acids is 1. The highest BCUT2D eigenvalue weighted by Gasteiger charge is 2.28. The third-order valence-electron chi connectivity index (χ3n) is 2.92. The number of hydrogen-bond acceptors (Lipinski definition) is 3. The maximum absolute atomic E-state index is 10.9. The molecule has 1 fully saturated rings. The van der Waals surface area contributed by atoms with E-state index in [4.69, 9.17) is 15.6 Å². The lowest BCUT2D eigenvalue weighted by molar-refractivity contribution is -0.156. The van der Waals surface area contributed by atoms with Crippen molar-refractivity contribution in [3.8, 4) is 0 Å². The lowest BCUT2D eigenvalue weighted by atomic mass is 9.93. The number of carbonyl (C=O) groups is 1. The largest absolute Gasteiger partial charge is 0.479 e. The monoisotopic (exact) mass is 215 g/mol. The zero-order valence-corrected chi connectivity index (χ0v) is 9.32. The van der Waals surface area contributed by atoms with E-state index in [0.717, 1.165) is 32.1 Å². The fraction of sp³-hybridized carbons (Fsp3) is 0.909. The van der Waals surface area contributed by atoms with Crippen molar-refractivity contribution in [1.82, 2.24) is 0 Å². The van der Waals surface area contributed by atoms with Gasteiger partial charge in [0.05, 0.1) is 6.10 Å². The summed E-state index contributed by atoms with van der Waals surface area (Å²) < 4.78 is 5.58. The van der Waals surface area contributed by atoms with Crippen LogP contribution in [-0.4, -0.2) is 29.3 Å². The van der Waals surface area contributed by atoms with Gasteiger partial charge in [-0.3, -0.25) is 0 Å². The summed E-state index contributed by atoms with van der Waals surface area (Å²) in [6, 6.07) is 0.0115. The second-order valence-electron chi connectivity index (χ2n) is 4.24. The predicted molar refractivity (Wildman–Crippen MR) is 57.6 cm³/mol. The number of carboxylic acid groups (broad SMARTS) is 1. The first-order chi connectivity index (χ1) is 7.15. The van der Waals surface area contributed by atoms with E-state index < -0.39 is 12.1 Å². The molecule has 4 nitrogen and oxygen atoms in total. The summed E-state index contributed by atoms with van der Waals surface area (Å²) in [7, 11) is 0. The molecule has 3 N–H and O–H groups in total. The normalized spacial score (nSPS) is 28.7. The van der Waals surface area contributed by atoms with Crippen LogP contribution in [0.25, 0.3) is 0 Å². The molecule has 0 radical (unpaired) electrons. The predicted octanol–water partition coefficient (Wildman–Crippen LogP) is 1.53. The van der Waals surface area contributed by atoms with Crippen molar-refractivity contribution in [2.24, 2.45) is 5.73 Å². The summed E-state index contributed by atoms with van der Waals surface area (Å²) in [5.41, 5.74) is 5.91. The molecule has 0 aliphatic heterocycles. The van der Waals surface area contributed by atoms with E-state index in [1.165, 1.54) is 0 Å². The molecule has 4 heteroatoms. The van der Waals surface area contributed by atoms with Gasteiger partial charge in [-0.1, -0.05) is 26.2 Å². The summed E-state index contributed by atoms with van der Waals surface area (Å²) in [6.45, 7) is 1.96. The molecule has 0 bridgehead atoms. The molecule has 1 rings (SSSR count). The quantitative estimate of drug-likeness (QED) is 0.729. The molecule has 0 heterocycles. The Bertz CT molecular complexity index is 208. The van der Waals surface area contributed by atoms with Crippen LogP contribution >= 0.6 is 0 Å². The van der Waals surface area contributed by atoms with Gasteiger partial charge in [-0.2, -0.15) is 0 Å². The van der Waals surface area contributed by atoms with E-state index in [1.54, 1.807) is 0 Å². The van der Waals surface area contributed by atoms with Crippen LogP contribution in [0, 0.1) is 0 Å². The molecule has 0 spiro atoms. The van der Waals surface area contributed by atoms with E-state index in [0.29, 0.717) is 6.42 Å². The molecular formula is C11H21NO3. The Labute approximate surface area is 90.8 Å². The molecule has 3 atom stereocenters. The lowest BCUT2D eigenvalue weighted by Crippen LogP contribution is -2.43. The van der Waals surface area contributed by atoms with Crippen molar-refractivity contribution in [3.05, 3.63) is 0 Å². The number of hydrogen-bond donors (Lipinski definition) is 2. The molecule has 0 aromatic heterocycles. The van der Waals surface area contributed by atoms with Crippen LogP contribution in [-0.2, 0) is 9.53 Å². The molecule has 0 aromatic carbocycles. The van der Waals surface area contributed by atoms with Gasteiger partial charge < -0.3 is 15.6 Å². The summed E-state index contributed by atoms with van der Waals surface area (Å²) in [5.74, 6) is -0.866. The van der Waals surface area contributed by atoms with Gasteiger partial charge in [0.1, 0.15) is 0 Å². The first-order valence-electron chi connectivity index (χ1n) is 5.79. The van der Waals surface area contributed by atoms with Crippen LogP contribution in [0.3, 0.4) is 0 Å². The van der Waals surface area contributed by atoms with Crippen molar-refractivity contribution in [1.29, 1.82) is 0 Å². The Morgan fingerprint density at radius 1 is 1.53 bits per heavy atom. The van der Waals surface area contributed by atoms with Gasteiger partial charge in [0.25, 0.3) is 0 Å². The maximum Gasteiger partial charge on any atom is 0.332 e. The third-order valence-corrected chi connectivity index (χ3v) is 2.92. The minimum Gasteiger partial charge on any atom is -0.479 e. The van der Waals surface area contributed by atoms with Crippen molar-refractivity contribution in [3.63, 3.8) is 0 Å². The Hall–Kier alpha value is -0.610. The standard InChI is InChI=1S/C11H21NO3/c1-2-5-10(11(13)14)15-9-7-4-3-6-8(9)12/h8-10H,2-7,12H2,1H3,(H,13,14). The van der Waals surface area contributed by atoms with E-state index in [2.05, 4.69) is 0 Å². The Morgan fingerprint density at radius 2 is 2.20 bits per heavy atom. The second-order valence-corrected chi connectivity index (χ2v) is 4.24. The molecule has 0 saturated heterocycles. The average Bonchev–Trinajstić information content (AvgIpc) is 2.20. The molecule has 1 aliphatic rings. The minimum absolute atomic E-state index is 0.0115. The van der Waals surface area contributed by atoms with Gasteiger partial charge in [0.15, 0.2) is 6.10 Å². The molecule has 0 aromatic rings. The van der Waals surface area contributed by atoms with Crippen molar-refractivity contribution < 1.29 is 14.6 Å². The van der Waals surface area contributed by atoms with Crippen LogP contribution in [0.4, 0.5) is 0 Å². The van der Waals surface area contributed by atoms with Crippen molar-refractivity contribution in [2.75, 3.05) is 0 Å². The fourth-order valence-corrected chi connectivity index (χ4v) is 2.02. The summed E-state index contributed by atoms with van der Waals surface area (Å²) in [6.07, 6.45) is 4.72. The summed E-state index contributed by atoms with van der Waals surface area (Å²) in [5, 5.41) is 8.96. The highest BCUT2D eigenvalue weighted by molar-refractivity contribution is 5.72. The van der Waals surface area contributed by atoms with Crippen molar-refractivity contribution in [2.45, 2.75) is 63.7 Å². The zero-order valence-electron chi connectivity index (χ0n) is 9.32. The lowest BCUT2D eigenvalue weighted by Gasteiger charge is -2.30. The van der Waals surface area contributed by atoms with E-state index in [-0.39, 0.29) is 12.1 Å². The number of nitrogens with two attached hydrogens (primary N) is 1. The SMILES string of the molecule is CCCC(OC1CCCCC1N)C(=O)O. The zero-order chi connectivity index (χ0) is 11.3. The first-order valence-corrected chi connectivity index (χ1v) is 5.79. The fourth-order valence-electron chi connectivity index (χ4n) is 2.02. The topological polar surface area (TPSA) is 72.5 Å². The number of ether oxygens (including phenoxy) is 1. The average molecular weight is 215 g/mol. The molecule has 15 heavy (non-hydrogen) atoms. The van der Waals surface area contributed by atoms with Crippen LogP contribution in [0.2, 0.25) is 0 Å². The summed E-state index contributed by atoms with van der Waals surface area (Å²) >= 11 is 0. The highest BCUT2D eigenvalue weighted by atomic mass is 16.5. The van der Waals surface area contributed by atoms with E-state index >= 15 is 0 Å². The Morgan fingerprint density at radius 3 is 2.73 bits per heavy atom. The molecule has 1 aliphatic carbocycles. The molecule has 3 unspecified atom stereocenters. The van der Waals surface area contributed by atoms with Crippen LogP contribution in [0.5, 0.6) is 0 Å². The van der Waals surface area contributed by atoms with Gasteiger partial charge in [-0.15, -0.1) is 0 Å². The smallest absolute Gasteiger partial charge is 0.332 e. The van der Waals surface area contributed by atoms with Crippen LogP contribution in [0.15, 0.2) is 0 Å². The third kappa shape index (κ3) is 3.80. The first kappa shape index (κ1) is 12.5. The van der Waals surface area contributed by atoms with Gasteiger partial charge in [0.2, 0.25) is 0 Å². The maximum atomic E-state index is 10.9. The minimum atomic E-state index is -0.866. The number of rotatable bonds is 5. The molecule has 0 amide bonds. The van der Waals surface area contributed by atoms with Gasteiger partial charge in [-0.05, 0) is 19.3 Å². The number of aliphatic carboxylic acids is 1. The van der Waals surface area contributed by atoms with E-state index in [1.807, 2.05) is 6.92 Å². The van der Waals surface area contributed by atoms with Crippen LogP contribution < -0.4 is 5.73 Å². The van der Waals surface area contributed by atoms with Crippen molar-refractivity contribution >= 4 is 5.97 Å². The van der Waals surface area contributed by atoms with Gasteiger partial charge in [0, 0.05) is 6.04 Å². The Kier molecular flexibility index (Phi) is 5.05. The molecular weight excluding hydrogens is 194 g/mol. The Balaban J connectivity index is 2.44. The van der Waals surface area contributed by atoms with Gasteiger partial charge >= 0.3 is 5.97 Å². The van der Waals surface area contributed by atoms with Crippen LogP contribution in [0.1, 0.15) is 45.4 Å². The highest BCUT2D eigenvalue weighted by Crippen LogP contribution is 2.22. The summed E-state index contributed by atoms with van der Waals surface area (Å²) in [4.78, 5) is 10.9. The molecule has 1 saturated carbocycles. The van der Waals surface area contributed by atoms with E-state index in [9.17, 15) is 4.79 Å².